The first-order valence-electron chi connectivity index (χ1n) is 7.45. The molecule has 0 bridgehead atoms. The van der Waals surface area contributed by atoms with Crippen LogP contribution in [0.5, 0.6) is 0 Å². The number of likely N-dealkylation sites (tertiary alicyclic amines) is 1. The molecule has 3 heterocycles. The van der Waals surface area contributed by atoms with Gasteiger partial charge < -0.3 is 25.6 Å². The molecule has 3 rings (SSSR count). The number of rotatable bonds is 1. The lowest BCUT2D eigenvalue weighted by molar-refractivity contribution is -0.130. The fourth-order valence-electron chi connectivity index (χ4n) is 3.28. The van der Waals surface area contributed by atoms with Crippen molar-refractivity contribution in [3.63, 3.8) is 0 Å². The molecule has 3 aliphatic rings. The fourth-order valence-corrected chi connectivity index (χ4v) is 3.28. The van der Waals surface area contributed by atoms with Crippen LogP contribution in [0.25, 0.3) is 0 Å². The van der Waals surface area contributed by atoms with E-state index < -0.39 is 5.60 Å². The number of hydrogen-bond donors (Lipinski definition) is 3. The molecule has 0 aromatic rings. The Balaban J connectivity index is 1.68. The second-order valence-corrected chi connectivity index (χ2v) is 6.08. The molecule has 1 atom stereocenters. The second kappa shape index (κ2) is 5.19. The molecule has 22 heavy (non-hydrogen) atoms. The molecule has 8 nitrogen and oxygen atoms in total. The predicted octanol–water partition coefficient (Wildman–Crippen LogP) is 0.0627. The van der Waals surface area contributed by atoms with Crippen LogP contribution in [0, 0.1) is 0 Å². The molecule has 0 unspecified atom stereocenters. The number of amides is 4. The van der Waals surface area contributed by atoms with E-state index in [1.54, 1.807) is 18.7 Å². The Morgan fingerprint density at radius 1 is 1.32 bits per heavy atom. The zero-order valence-electron chi connectivity index (χ0n) is 12.7. The van der Waals surface area contributed by atoms with Crippen molar-refractivity contribution in [1.82, 2.24) is 20.9 Å². The zero-order chi connectivity index (χ0) is 15.9. The third-order valence-electron chi connectivity index (χ3n) is 4.54. The van der Waals surface area contributed by atoms with Crippen molar-refractivity contribution in [2.24, 2.45) is 0 Å². The molecule has 0 saturated carbocycles. The van der Waals surface area contributed by atoms with Crippen molar-refractivity contribution in [1.29, 1.82) is 0 Å². The van der Waals surface area contributed by atoms with Gasteiger partial charge in [0.25, 0.3) is 5.91 Å². The maximum atomic E-state index is 12.7. The molecular formula is C14H20N4O4. The highest BCUT2D eigenvalue weighted by molar-refractivity contribution is 5.98. The summed E-state index contributed by atoms with van der Waals surface area (Å²) in [6, 6.07) is -0.605. The monoisotopic (exact) mass is 308 g/mol. The summed E-state index contributed by atoms with van der Waals surface area (Å²) in [7, 11) is 0. The summed E-state index contributed by atoms with van der Waals surface area (Å²) in [5, 5.41) is 8.01. The summed E-state index contributed by atoms with van der Waals surface area (Å²) in [4.78, 5) is 37.1. The number of urea groups is 1. The van der Waals surface area contributed by atoms with E-state index in [0.717, 1.165) is 0 Å². The van der Waals surface area contributed by atoms with E-state index in [0.29, 0.717) is 43.7 Å². The van der Waals surface area contributed by atoms with Crippen LogP contribution in [0.15, 0.2) is 11.3 Å². The Morgan fingerprint density at radius 3 is 2.55 bits per heavy atom. The number of carbonyl (C=O) groups is 3. The Morgan fingerprint density at radius 2 is 2.00 bits per heavy atom. The average Bonchev–Trinajstić information content (AvgIpc) is 2.79. The molecule has 2 saturated heterocycles. The predicted molar refractivity (Wildman–Crippen MR) is 76.9 cm³/mol. The van der Waals surface area contributed by atoms with E-state index in [4.69, 9.17) is 4.74 Å². The van der Waals surface area contributed by atoms with Crippen molar-refractivity contribution >= 4 is 18.0 Å². The smallest absolute Gasteiger partial charge is 0.407 e. The first-order chi connectivity index (χ1) is 10.4. The second-order valence-electron chi connectivity index (χ2n) is 6.08. The Bertz CT molecular complexity index is 563. The van der Waals surface area contributed by atoms with Gasteiger partial charge in [0.1, 0.15) is 5.60 Å². The molecule has 8 heteroatoms. The molecular weight excluding hydrogens is 288 g/mol. The van der Waals surface area contributed by atoms with Gasteiger partial charge in [0, 0.05) is 31.6 Å². The molecule has 0 aromatic carbocycles. The highest BCUT2D eigenvalue weighted by atomic mass is 16.6. The number of alkyl carbamates (subject to hydrolysis) is 1. The van der Waals surface area contributed by atoms with E-state index in [2.05, 4.69) is 16.0 Å². The lowest BCUT2D eigenvalue weighted by Gasteiger charge is -2.38. The normalized spacial score (nSPS) is 27.2. The largest absolute Gasteiger partial charge is 0.441 e. The van der Waals surface area contributed by atoms with Crippen LogP contribution in [-0.4, -0.2) is 54.2 Å². The highest BCUT2D eigenvalue weighted by Gasteiger charge is 2.44. The minimum Gasteiger partial charge on any atom is -0.441 e. The number of ether oxygens (including phenoxy) is 1. The van der Waals surface area contributed by atoms with Crippen LogP contribution in [0.1, 0.15) is 26.7 Å². The van der Waals surface area contributed by atoms with Crippen molar-refractivity contribution in [2.45, 2.75) is 38.3 Å². The van der Waals surface area contributed by atoms with Crippen molar-refractivity contribution in [3.8, 4) is 0 Å². The van der Waals surface area contributed by atoms with Crippen molar-refractivity contribution in [2.75, 3.05) is 19.6 Å². The van der Waals surface area contributed by atoms with Gasteiger partial charge in [0.15, 0.2) is 0 Å². The van der Waals surface area contributed by atoms with Crippen LogP contribution in [0.4, 0.5) is 9.59 Å². The maximum Gasteiger partial charge on any atom is 0.407 e. The van der Waals surface area contributed by atoms with Gasteiger partial charge in [0.05, 0.1) is 18.2 Å². The first-order valence-corrected chi connectivity index (χ1v) is 7.45. The molecule has 0 aliphatic carbocycles. The summed E-state index contributed by atoms with van der Waals surface area (Å²) in [5.74, 6) is -0.0790. The average molecular weight is 308 g/mol. The number of nitrogens with zero attached hydrogens (tertiary/aromatic N) is 1. The zero-order valence-corrected chi connectivity index (χ0v) is 12.7. The van der Waals surface area contributed by atoms with E-state index in [9.17, 15) is 14.4 Å². The van der Waals surface area contributed by atoms with Crippen LogP contribution < -0.4 is 16.0 Å². The molecule has 0 radical (unpaired) electrons. The van der Waals surface area contributed by atoms with Gasteiger partial charge in [-0.2, -0.15) is 0 Å². The topological polar surface area (TPSA) is 99.8 Å². The molecule has 0 aromatic heterocycles. The highest BCUT2D eigenvalue weighted by Crippen LogP contribution is 2.30. The molecule has 3 aliphatic heterocycles. The Hall–Kier alpha value is -2.25. The number of allylic oxidation sites excluding steroid dienone is 1. The van der Waals surface area contributed by atoms with Crippen molar-refractivity contribution in [3.05, 3.63) is 11.3 Å². The third kappa shape index (κ3) is 2.49. The first kappa shape index (κ1) is 14.7. The summed E-state index contributed by atoms with van der Waals surface area (Å²) >= 11 is 0. The van der Waals surface area contributed by atoms with Gasteiger partial charge >= 0.3 is 12.1 Å². The SMILES string of the molecule is CC1=C(C(=O)N2CCC3(CC2)CNC(=O)O3)[C@@H](C)NC(=O)N1. The number of nitrogens with one attached hydrogen (secondary N) is 3. The number of hydrogen-bond acceptors (Lipinski definition) is 4. The lowest BCUT2D eigenvalue weighted by atomic mass is 9.90. The van der Waals surface area contributed by atoms with E-state index >= 15 is 0 Å². The molecule has 1 spiro atoms. The third-order valence-corrected chi connectivity index (χ3v) is 4.54. The van der Waals surface area contributed by atoms with Crippen LogP contribution in [0.3, 0.4) is 0 Å². The summed E-state index contributed by atoms with van der Waals surface area (Å²) in [6.07, 6.45) is 0.863. The van der Waals surface area contributed by atoms with Gasteiger partial charge in [-0.15, -0.1) is 0 Å². The fraction of sp³-hybridized carbons (Fsp3) is 0.643. The van der Waals surface area contributed by atoms with Gasteiger partial charge in [-0.05, 0) is 13.8 Å². The van der Waals surface area contributed by atoms with Gasteiger partial charge in [0.2, 0.25) is 0 Å². The van der Waals surface area contributed by atoms with E-state index in [1.807, 2.05) is 0 Å². The quantitative estimate of drug-likeness (QED) is 0.638. The summed E-state index contributed by atoms with van der Waals surface area (Å²) < 4.78 is 5.35. The molecule has 2 fully saturated rings. The van der Waals surface area contributed by atoms with Crippen LogP contribution in [-0.2, 0) is 9.53 Å². The molecule has 4 amide bonds. The summed E-state index contributed by atoms with van der Waals surface area (Å²) in [6.45, 7) is 5.10. The Labute approximate surface area is 128 Å². The lowest BCUT2D eigenvalue weighted by Crippen LogP contribution is -2.53. The minimum absolute atomic E-state index is 0.0790. The maximum absolute atomic E-state index is 12.7. The Kier molecular flexibility index (Phi) is 3.46. The van der Waals surface area contributed by atoms with Gasteiger partial charge in [-0.3, -0.25) is 4.79 Å². The summed E-state index contributed by atoms with van der Waals surface area (Å²) in [5.41, 5.74) is 0.703. The van der Waals surface area contributed by atoms with Crippen molar-refractivity contribution < 1.29 is 19.1 Å². The van der Waals surface area contributed by atoms with Gasteiger partial charge in [-0.1, -0.05) is 0 Å². The van der Waals surface area contributed by atoms with E-state index in [-0.39, 0.29) is 24.1 Å². The standard InChI is InChI=1S/C14H20N4O4/c1-8-10(9(2)17-12(20)16-8)11(19)18-5-3-14(4-6-18)7-15-13(21)22-14/h8H,3-7H2,1-2H3,(H,15,21)(H2,16,17,20)/t8-/m1/s1. The van der Waals surface area contributed by atoms with Gasteiger partial charge in [-0.25, -0.2) is 9.59 Å². The minimum atomic E-state index is -0.470. The molecule has 120 valence electrons. The van der Waals surface area contributed by atoms with Crippen LogP contribution in [0.2, 0.25) is 0 Å². The van der Waals surface area contributed by atoms with E-state index in [1.165, 1.54) is 0 Å². The van der Waals surface area contributed by atoms with Crippen LogP contribution >= 0.6 is 0 Å². The molecule has 3 N–H and O–H groups in total. The number of carbonyl (C=O) groups excluding carboxylic acids is 3. The number of piperidine rings is 1.